The number of carboxylic acids is 1. The molecule has 1 aliphatic heterocycles. The largest absolute Gasteiger partial charge is 0.481 e. The van der Waals surface area contributed by atoms with E-state index in [1.165, 1.54) is 25.2 Å². The smallest absolute Gasteiger partial charge is 0.303 e. The van der Waals surface area contributed by atoms with Crippen LogP contribution in [0.4, 0.5) is 5.69 Å². The van der Waals surface area contributed by atoms with Crippen LogP contribution in [0, 0.1) is 0 Å². The van der Waals surface area contributed by atoms with Gasteiger partial charge in [0.1, 0.15) is 0 Å². The molecule has 0 saturated heterocycles. The van der Waals surface area contributed by atoms with Crippen molar-refractivity contribution in [3.8, 4) is 0 Å². The van der Waals surface area contributed by atoms with Gasteiger partial charge in [-0.1, -0.05) is 18.0 Å². The summed E-state index contributed by atoms with van der Waals surface area (Å²) in [5.74, 6) is -2.63. The van der Waals surface area contributed by atoms with Gasteiger partial charge in [0.15, 0.2) is 0 Å². The minimum absolute atomic E-state index is 0.0353. The van der Waals surface area contributed by atoms with Crippen molar-refractivity contribution >= 4 is 44.9 Å². The Kier molecular flexibility index (Phi) is 6.25. The first-order valence-electron chi connectivity index (χ1n) is 7.97. The van der Waals surface area contributed by atoms with E-state index in [1.807, 2.05) is 0 Å². The number of hydrogen-bond donors (Lipinski definition) is 2. The number of carbonyl (C=O) groups excluding carboxylic acids is 2. The molecule has 1 aromatic rings. The van der Waals surface area contributed by atoms with Crippen LogP contribution in [-0.2, 0) is 24.2 Å². The molecule has 2 N–H and O–H groups in total. The lowest BCUT2D eigenvalue weighted by Crippen LogP contribution is -2.53. The molecule has 1 aromatic carbocycles. The van der Waals surface area contributed by atoms with Crippen LogP contribution in [-0.4, -0.2) is 50.2 Å². The Hall–Kier alpha value is -2.13. The van der Waals surface area contributed by atoms with Crippen LogP contribution < -0.4 is 10.2 Å². The molecule has 2 rings (SSSR count). The number of halogens is 1. The van der Waals surface area contributed by atoms with E-state index >= 15 is 0 Å². The van der Waals surface area contributed by atoms with E-state index in [0.29, 0.717) is 19.3 Å². The molecule has 1 atom stereocenters. The summed E-state index contributed by atoms with van der Waals surface area (Å²) < 4.78 is 25.4. The number of hydrogen-bond acceptors (Lipinski definition) is 5. The molecule has 8 nitrogen and oxygen atoms in total. The molecule has 1 aliphatic rings. The number of sulfone groups is 1. The van der Waals surface area contributed by atoms with Gasteiger partial charge in [-0.15, -0.1) is 0 Å². The van der Waals surface area contributed by atoms with E-state index in [4.69, 9.17) is 16.7 Å². The predicted octanol–water partition coefficient (Wildman–Crippen LogP) is 1.22. The molecule has 2 amide bonds. The maximum atomic E-state index is 12.7. The van der Waals surface area contributed by atoms with Crippen molar-refractivity contribution in [1.82, 2.24) is 5.32 Å². The summed E-state index contributed by atoms with van der Waals surface area (Å²) in [7, 11) is -2.79. The lowest BCUT2D eigenvalue weighted by atomic mass is 10.2. The summed E-state index contributed by atoms with van der Waals surface area (Å²) in [6, 6.07) is 4.03. The SMILES string of the molecule is CN1C(=O)C(C(=O)NCCCCCC(=O)O)S(=O)(=O)c2ccc(Cl)cc21. The van der Waals surface area contributed by atoms with Crippen LogP contribution in [0.2, 0.25) is 5.02 Å². The highest BCUT2D eigenvalue weighted by atomic mass is 35.5. The predicted molar refractivity (Wildman–Crippen MR) is 94.9 cm³/mol. The van der Waals surface area contributed by atoms with E-state index in [-0.39, 0.29) is 28.6 Å². The summed E-state index contributed by atoms with van der Waals surface area (Å²) in [6.07, 6.45) is 1.55. The number of unbranched alkanes of at least 4 members (excludes halogenated alkanes) is 2. The first kappa shape index (κ1) is 20.2. The Morgan fingerprint density at radius 2 is 1.96 bits per heavy atom. The van der Waals surface area contributed by atoms with Gasteiger partial charge in [0.2, 0.25) is 21.0 Å². The summed E-state index contributed by atoms with van der Waals surface area (Å²) in [4.78, 5) is 36.2. The molecular formula is C16H19ClN2O6S. The first-order valence-corrected chi connectivity index (χ1v) is 9.89. The molecule has 0 aliphatic carbocycles. The number of aliphatic carboxylic acids is 1. The Balaban J connectivity index is 2.09. The van der Waals surface area contributed by atoms with Crippen LogP contribution in [0.15, 0.2) is 23.1 Å². The molecule has 0 spiro atoms. The van der Waals surface area contributed by atoms with E-state index in [9.17, 15) is 22.8 Å². The van der Waals surface area contributed by atoms with Crippen LogP contribution in [0.3, 0.4) is 0 Å². The fourth-order valence-corrected chi connectivity index (χ4v) is 4.64. The average molecular weight is 403 g/mol. The number of fused-ring (bicyclic) bond motifs is 1. The second-order valence-corrected chi connectivity index (χ2v) is 8.37. The number of rotatable bonds is 7. The third-order valence-corrected chi connectivity index (χ3v) is 6.29. The van der Waals surface area contributed by atoms with Crippen LogP contribution in [0.25, 0.3) is 0 Å². The Morgan fingerprint density at radius 1 is 1.27 bits per heavy atom. The summed E-state index contributed by atoms with van der Waals surface area (Å²) in [5.41, 5.74) is 0.139. The van der Waals surface area contributed by atoms with Gasteiger partial charge in [-0.25, -0.2) is 8.42 Å². The minimum Gasteiger partial charge on any atom is -0.481 e. The van der Waals surface area contributed by atoms with Crippen molar-refractivity contribution in [1.29, 1.82) is 0 Å². The number of anilines is 1. The van der Waals surface area contributed by atoms with Crippen molar-refractivity contribution in [2.24, 2.45) is 0 Å². The molecular weight excluding hydrogens is 384 g/mol. The quantitative estimate of drug-likeness (QED) is 0.522. The molecule has 142 valence electrons. The number of benzene rings is 1. The molecule has 0 radical (unpaired) electrons. The van der Waals surface area contributed by atoms with Gasteiger partial charge < -0.3 is 15.3 Å². The van der Waals surface area contributed by atoms with E-state index in [0.717, 1.165) is 4.90 Å². The van der Waals surface area contributed by atoms with E-state index in [2.05, 4.69) is 5.32 Å². The normalized spacial score (nSPS) is 18.3. The second-order valence-electron chi connectivity index (χ2n) is 5.93. The lowest BCUT2D eigenvalue weighted by molar-refractivity contribution is -0.137. The standard InChI is InChI=1S/C16H19ClN2O6S/c1-19-11-9-10(17)6-7-12(11)26(24,25)14(16(19)23)15(22)18-8-4-2-3-5-13(20)21/h6-7,9,14H,2-5,8H2,1H3,(H,18,22)(H,20,21). The third kappa shape index (κ3) is 4.16. The first-order chi connectivity index (χ1) is 12.2. The fourth-order valence-electron chi connectivity index (χ4n) is 2.68. The zero-order chi connectivity index (χ0) is 19.5. The van der Waals surface area contributed by atoms with Gasteiger partial charge in [-0.2, -0.15) is 0 Å². The molecule has 0 bridgehead atoms. The lowest BCUT2D eigenvalue weighted by Gasteiger charge is -2.30. The number of nitrogens with zero attached hydrogens (tertiary/aromatic N) is 1. The van der Waals surface area contributed by atoms with E-state index in [1.54, 1.807) is 0 Å². The average Bonchev–Trinajstić information content (AvgIpc) is 2.55. The molecule has 10 heteroatoms. The molecule has 0 fully saturated rings. The second kappa shape index (κ2) is 8.05. The van der Waals surface area contributed by atoms with Gasteiger partial charge >= 0.3 is 5.97 Å². The van der Waals surface area contributed by atoms with E-state index < -0.39 is 32.9 Å². The molecule has 1 unspecified atom stereocenters. The van der Waals surface area contributed by atoms with Gasteiger partial charge in [0.25, 0.3) is 5.91 Å². The highest BCUT2D eigenvalue weighted by Gasteiger charge is 2.47. The van der Waals surface area contributed by atoms with Crippen molar-refractivity contribution < 1.29 is 27.9 Å². The van der Waals surface area contributed by atoms with Crippen molar-refractivity contribution in [3.05, 3.63) is 23.2 Å². The summed E-state index contributed by atoms with van der Waals surface area (Å²) in [6.45, 7) is 0.162. The van der Waals surface area contributed by atoms with Crippen LogP contribution in [0.5, 0.6) is 0 Å². The van der Waals surface area contributed by atoms with Crippen molar-refractivity contribution in [3.63, 3.8) is 0 Å². The molecule has 0 aromatic heterocycles. The van der Waals surface area contributed by atoms with Crippen molar-refractivity contribution in [2.45, 2.75) is 35.8 Å². The van der Waals surface area contributed by atoms with Gasteiger partial charge in [-0.05, 0) is 31.0 Å². The van der Waals surface area contributed by atoms with Gasteiger partial charge in [0, 0.05) is 25.0 Å². The Bertz CT molecular complexity index is 839. The monoisotopic (exact) mass is 402 g/mol. The summed E-state index contributed by atoms with van der Waals surface area (Å²) in [5, 5.41) is 9.43. The fraction of sp³-hybridized carbons (Fsp3) is 0.438. The minimum atomic E-state index is -4.18. The van der Waals surface area contributed by atoms with Crippen molar-refractivity contribution in [2.75, 3.05) is 18.5 Å². The number of nitrogens with one attached hydrogen (secondary N) is 1. The Morgan fingerprint density at radius 3 is 2.62 bits per heavy atom. The number of carbonyl (C=O) groups is 3. The summed E-state index contributed by atoms with van der Waals surface area (Å²) >= 11 is 5.86. The zero-order valence-corrected chi connectivity index (χ0v) is 15.6. The maximum Gasteiger partial charge on any atom is 0.303 e. The number of carboxylic acid groups (broad SMARTS) is 1. The Labute approximate surface area is 156 Å². The number of amides is 2. The highest BCUT2D eigenvalue weighted by molar-refractivity contribution is 7.94. The van der Waals surface area contributed by atoms with Gasteiger partial charge in [-0.3, -0.25) is 14.4 Å². The molecule has 26 heavy (non-hydrogen) atoms. The van der Waals surface area contributed by atoms with Gasteiger partial charge in [0.05, 0.1) is 10.6 Å². The third-order valence-electron chi connectivity index (χ3n) is 4.06. The highest BCUT2D eigenvalue weighted by Crippen LogP contribution is 2.35. The zero-order valence-electron chi connectivity index (χ0n) is 14.1. The molecule has 0 saturated carbocycles. The maximum absolute atomic E-state index is 12.7. The molecule has 1 heterocycles. The van der Waals surface area contributed by atoms with Crippen LogP contribution in [0.1, 0.15) is 25.7 Å². The topological polar surface area (TPSA) is 121 Å². The van der Waals surface area contributed by atoms with Crippen LogP contribution >= 0.6 is 11.6 Å².